The number of halogens is 1. The van der Waals surface area contributed by atoms with E-state index in [-0.39, 0.29) is 4.21 Å². The van der Waals surface area contributed by atoms with Crippen molar-refractivity contribution in [2.75, 3.05) is 0 Å². The Labute approximate surface area is 191 Å². The third-order valence-electron chi connectivity index (χ3n) is 5.33. The number of nitrogens with one attached hydrogen (secondary N) is 2. The minimum atomic E-state index is -4.29. The molecule has 0 amide bonds. The van der Waals surface area contributed by atoms with E-state index in [1.807, 2.05) is 0 Å². The van der Waals surface area contributed by atoms with E-state index in [0.717, 1.165) is 11.3 Å². The van der Waals surface area contributed by atoms with Gasteiger partial charge in [0.15, 0.2) is 17.4 Å². The Morgan fingerprint density at radius 3 is 2.19 bits per heavy atom. The maximum Gasteiger partial charge on any atom is 0.325 e. The van der Waals surface area contributed by atoms with E-state index in [1.165, 1.54) is 12.1 Å². The quantitative estimate of drug-likeness (QED) is 0.163. The van der Waals surface area contributed by atoms with Gasteiger partial charge in [0.25, 0.3) is 10.0 Å². The highest BCUT2D eigenvalue weighted by Gasteiger charge is 2.63. The van der Waals surface area contributed by atoms with Crippen LogP contribution in [0.1, 0.15) is 18.4 Å². The second-order valence-corrected chi connectivity index (χ2v) is 11.8. The molecule has 0 bridgehead atoms. The molecule has 1 aliphatic rings. The third-order valence-corrected chi connectivity index (χ3v) is 8.98. The number of thiophene rings is 1. The summed E-state index contributed by atoms with van der Waals surface area (Å²) in [5, 5.41) is 70.3. The van der Waals surface area contributed by atoms with E-state index < -0.39 is 85.3 Å². The predicted octanol–water partition coefficient (Wildman–Crippen LogP) is 1.30. The molecule has 15 heteroatoms. The van der Waals surface area contributed by atoms with E-state index in [0.29, 0.717) is 3.79 Å². The number of sulfonamides is 1. The summed E-state index contributed by atoms with van der Waals surface area (Å²) in [4.78, 5) is 14.2. The number of aromatic nitrogens is 1. The van der Waals surface area contributed by atoms with E-state index in [4.69, 9.17) is 0 Å². The smallest absolute Gasteiger partial charge is 0.325 e. The largest absolute Gasteiger partial charge is 0.504 e. The van der Waals surface area contributed by atoms with Gasteiger partial charge in [0.1, 0.15) is 15.3 Å². The average molecular weight is 551 g/mol. The lowest BCUT2D eigenvalue weighted by atomic mass is 9.62. The number of phenolic OH excluding ortho intramolecular Hbond substituents is 4. The lowest BCUT2D eigenvalue weighted by molar-refractivity contribution is -0.166. The summed E-state index contributed by atoms with van der Waals surface area (Å²) >= 11 is 3.96. The number of aliphatic carboxylic acids is 1. The molecule has 3 aromatic rings. The number of rotatable bonds is 5. The molecule has 0 unspecified atom stereocenters. The number of benzene rings is 1. The highest BCUT2D eigenvalue weighted by atomic mass is 79.9. The first-order valence-corrected chi connectivity index (χ1v) is 11.8. The first-order chi connectivity index (χ1) is 14.7. The van der Waals surface area contributed by atoms with Crippen LogP contribution in [0.2, 0.25) is 0 Å². The summed E-state index contributed by atoms with van der Waals surface area (Å²) in [5.74, 6) is -6.53. The number of aromatic amines is 1. The van der Waals surface area contributed by atoms with Gasteiger partial charge in [-0.15, -0.1) is 11.3 Å². The van der Waals surface area contributed by atoms with Gasteiger partial charge in [0, 0.05) is 12.8 Å². The normalized spacial score (nSPS) is 23.3. The van der Waals surface area contributed by atoms with Crippen LogP contribution in [0.25, 0.3) is 10.9 Å². The predicted molar refractivity (Wildman–Crippen MR) is 112 cm³/mol. The van der Waals surface area contributed by atoms with Crippen LogP contribution in [0.5, 0.6) is 28.9 Å². The Balaban J connectivity index is 1.78. The fourth-order valence-corrected chi connectivity index (χ4v) is 7.32. The molecule has 0 spiro atoms. The molecular weight excluding hydrogens is 536 g/mol. The Morgan fingerprint density at radius 1 is 1.06 bits per heavy atom. The van der Waals surface area contributed by atoms with E-state index >= 15 is 0 Å². The molecule has 4 rings (SSSR count). The van der Waals surface area contributed by atoms with Crippen LogP contribution in [0.3, 0.4) is 0 Å². The summed E-state index contributed by atoms with van der Waals surface area (Å²) in [6.07, 6.45) is -1.52. The molecule has 0 aliphatic heterocycles. The first-order valence-electron chi connectivity index (χ1n) is 8.68. The Kier molecular flexibility index (Phi) is 4.84. The van der Waals surface area contributed by atoms with E-state index in [2.05, 4.69) is 25.6 Å². The fourth-order valence-electron chi connectivity index (χ4n) is 3.96. The Bertz CT molecular complexity index is 1390. The number of carboxylic acids is 1. The molecule has 1 aromatic carbocycles. The van der Waals surface area contributed by atoms with Gasteiger partial charge < -0.3 is 40.7 Å². The van der Waals surface area contributed by atoms with Crippen molar-refractivity contribution < 1.29 is 49.0 Å². The van der Waals surface area contributed by atoms with Gasteiger partial charge in [0.05, 0.1) is 20.3 Å². The molecule has 0 radical (unpaired) electrons. The third kappa shape index (κ3) is 3.07. The number of aromatic hydroxyl groups is 5. The molecular formula is C17H15BrN2O10S2. The monoisotopic (exact) mass is 550 g/mol. The van der Waals surface area contributed by atoms with Crippen molar-refractivity contribution in [2.45, 2.75) is 28.2 Å². The molecule has 12 nitrogen and oxygen atoms in total. The van der Waals surface area contributed by atoms with Gasteiger partial charge in [-0.3, -0.25) is 4.79 Å². The minimum Gasteiger partial charge on any atom is -0.504 e. The minimum absolute atomic E-state index is 0.168. The molecule has 172 valence electrons. The lowest BCUT2D eigenvalue weighted by Gasteiger charge is -2.50. The molecule has 2 heterocycles. The topological polar surface area (TPSA) is 221 Å². The standard InChI is InChI=1S/C17H15BrN2O10S2/c18-5-1-2-6(31-5)32(29,30)20-16(15(26)27)3-17(28,4-16)8-7-9(19-14(8)25)11(22)13(24)12(23)10(7)21/h1-2,19-25,28H,3-4H2,(H,26,27). The second kappa shape index (κ2) is 6.89. The van der Waals surface area contributed by atoms with Crippen LogP contribution < -0.4 is 4.72 Å². The summed E-state index contributed by atoms with van der Waals surface area (Å²) < 4.78 is 27.7. The van der Waals surface area contributed by atoms with Crippen molar-refractivity contribution in [2.24, 2.45) is 0 Å². The van der Waals surface area contributed by atoms with Gasteiger partial charge in [-0.05, 0) is 28.1 Å². The zero-order valence-electron chi connectivity index (χ0n) is 15.6. The second-order valence-electron chi connectivity index (χ2n) is 7.43. The van der Waals surface area contributed by atoms with Crippen LogP contribution in [0.15, 0.2) is 20.1 Å². The van der Waals surface area contributed by atoms with Crippen LogP contribution in [-0.4, -0.2) is 60.7 Å². The van der Waals surface area contributed by atoms with Crippen molar-refractivity contribution >= 4 is 54.2 Å². The van der Waals surface area contributed by atoms with Gasteiger partial charge in [-0.25, -0.2) is 8.42 Å². The van der Waals surface area contributed by atoms with Crippen molar-refractivity contribution in [1.82, 2.24) is 9.71 Å². The number of phenols is 4. The molecule has 2 aromatic heterocycles. The molecule has 1 saturated carbocycles. The number of carboxylic acid groups (broad SMARTS) is 1. The molecule has 1 aliphatic carbocycles. The van der Waals surface area contributed by atoms with Crippen LogP contribution >= 0.6 is 27.3 Å². The molecule has 0 saturated heterocycles. The summed E-state index contributed by atoms with van der Waals surface area (Å²) in [7, 11) is -4.29. The number of fused-ring (bicyclic) bond motifs is 1. The zero-order chi connectivity index (χ0) is 23.8. The van der Waals surface area contributed by atoms with E-state index in [1.54, 1.807) is 0 Å². The van der Waals surface area contributed by atoms with Gasteiger partial charge in [-0.1, -0.05) is 0 Å². The number of hydrogen-bond acceptors (Lipinski definition) is 10. The molecule has 1 fully saturated rings. The Morgan fingerprint density at radius 2 is 1.66 bits per heavy atom. The van der Waals surface area contributed by atoms with Crippen molar-refractivity contribution in [1.29, 1.82) is 0 Å². The summed E-state index contributed by atoms with van der Waals surface area (Å²) in [5.41, 5.74) is -5.26. The number of H-pyrrole nitrogens is 1. The maximum atomic E-state index is 12.7. The number of hydrogen-bond donors (Lipinski definition) is 9. The first kappa shape index (κ1) is 22.5. The highest BCUT2D eigenvalue weighted by molar-refractivity contribution is 9.11. The van der Waals surface area contributed by atoms with Crippen LogP contribution in [-0.2, 0) is 20.4 Å². The van der Waals surface area contributed by atoms with Crippen molar-refractivity contribution in [3.05, 3.63) is 21.5 Å². The van der Waals surface area contributed by atoms with Crippen LogP contribution in [0, 0.1) is 0 Å². The van der Waals surface area contributed by atoms with Crippen LogP contribution in [0.4, 0.5) is 0 Å². The zero-order valence-corrected chi connectivity index (χ0v) is 18.8. The highest BCUT2D eigenvalue weighted by Crippen LogP contribution is 2.58. The van der Waals surface area contributed by atoms with Crippen molar-refractivity contribution in [3.63, 3.8) is 0 Å². The van der Waals surface area contributed by atoms with Gasteiger partial charge in [0.2, 0.25) is 11.5 Å². The van der Waals surface area contributed by atoms with Crippen molar-refractivity contribution in [3.8, 4) is 28.9 Å². The molecule has 0 atom stereocenters. The average Bonchev–Trinajstić information content (AvgIpc) is 3.27. The lowest BCUT2D eigenvalue weighted by Crippen LogP contribution is -2.67. The summed E-state index contributed by atoms with van der Waals surface area (Å²) in [6, 6.07) is 2.73. The maximum absolute atomic E-state index is 12.7. The molecule has 32 heavy (non-hydrogen) atoms. The fraction of sp³-hybridized carbons (Fsp3) is 0.235. The number of carbonyl (C=O) groups is 1. The number of aliphatic hydroxyl groups is 1. The van der Waals surface area contributed by atoms with Gasteiger partial charge >= 0.3 is 5.97 Å². The molecule has 9 N–H and O–H groups in total. The SMILES string of the molecule is O=C(O)C1(NS(=O)(=O)c2ccc(Br)s2)CC(O)(c2c(O)[nH]c3c(O)c(O)c(O)c(O)c23)C1. The van der Waals surface area contributed by atoms with Gasteiger partial charge in [-0.2, -0.15) is 4.72 Å². The Hall–Kier alpha value is -2.72. The summed E-state index contributed by atoms with van der Waals surface area (Å²) in [6.45, 7) is 0. The van der Waals surface area contributed by atoms with E-state index in [9.17, 15) is 49.0 Å².